The zero-order valence-electron chi connectivity index (χ0n) is 20.9. The molecule has 0 bridgehead atoms. The molecule has 0 spiro atoms. The summed E-state index contributed by atoms with van der Waals surface area (Å²) in [5.74, 6) is 0.633. The van der Waals surface area contributed by atoms with Crippen LogP contribution in [0.25, 0.3) is 22.0 Å². The average Bonchev–Trinajstić information content (AvgIpc) is 2.89. The SMILES string of the molecule is CCc1cc(-c2ccc(NS(=O)(=O)c3ccccc3Cl)cc2Cl)cc2cnc(NC3CCC(N)CC3)nc12. The molecule has 198 valence electrons. The first kappa shape index (κ1) is 26.7. The largest absolute Gasteiger partial charge is 0.351 e. The Morgan fingerprint density at radius 2 is 1.76 bits per heavy atom. The van der Waals surface area contributed by atoms with Gasteiger partial charge >= 0.3 is 0 Å². The molecule has 1 aliphatic rings. The predicted molar refractivity (Wildman–Crippen MR) is 155 cm³/mol. The molecule has 0 unspecified atom stereocenters. The van der Waals surface area contributed by atoms with Crippen LogP contribution in [0.5, 0.6) is 0 Å². The van der Waals surface area contributed by atoms with Crippen molar-refractivity contribution in [3.8, 4) is 11.1 Å². The molecule has 1 fully saturated rings. The number of fused-ring (bicyclic) bond motifs is 1. The molecule has 1 heterocycles. The van der Waals surface area contributed by atoms with E-state index in [0.29, 0.717) is 28.7 Å². The molecule has 0 atom stereocenters. The highest BCUT2D eigenvalue weighted by Crippen LogP contribution is 2.35. The smallest absolute Gasteiger partial charge is 0.263 e. The Balaban J connectivity index is 1.41. The normalized spacial score (nSPS) is 17.9. The van der Waals surface area contributed by atoms with Gasteiger partial charge in [0, 0.05) is 29.2 Å². The summed E-state index contributed by atoms with van der Waals surface area (Å²) in [7, 11) is -3.86. The van der Waals surface area contributed by atoms with Crippen molar-refractivity contribution in [1.82, 2.24) is 9.97 Å². The summed E-state index contributed by atoms with van der Waals surface area (Å²) >= 11 is 12.7. The van der Waals surface area contributed by atoms with Gasteiger partial charge in [0.15, 0.2) is 0 Å². The van der Waals surface area contributed by atoms with Gasteiger partial charge in [-0.05, 0) is 79.6 Å². The lowest BCUT2D eigenvalue weighted by molar-refractivity contribution is 0.410. The van der Waals surface area contributed by atoms with Gasteiger partial charge in [-0.15, -0.1) is 0 Å². The molecule has 10 heteroatoms. The second-order valence-electron chi connectivity index (χ2n) is 9.61. The molecular weight excluding hydrogens is 541 g/mol. The van der Waals surface area contributed by atoms with Crippen LogP contribution >= 0.6 is 23.2 Å². The Hall–Kier alpha value is -2.91. The molecule has 5 rings (SSSR count). The topological polar surface area (TPSA) is 110 Å². The maximum atomic E-state index is 12.8. The molecule has 1 aromatic heterocycles. The van der Waals surface area contributed by atoms with Crippen molar-refractivity contribution < 1.29 is 8.42 Å². The van der Waals surface area contributed by atoms with Crippen molar-refractivity contribution in [2.24, 2.45) is 5.73 Å². The Bertz CT molecular complexity index is 1590. The van der Waals surface area contributed by atoms with Crippen molar-refractivity contribution in [1.29, 1.82) is 0 Å². The monoisotopic (exact) mass is 569 g/mol. The zero-order chi connectivity index (χ0) is 26.9. The first-order valence-corrected chi connectivity index (χ1v) is 14.9. The first-order chi connectivity index (χ1) is 18.2. The number of aryl methyl sites for hydroxylation is 1. The standard InChI is InChI=1S/C28H29Cl2N5O2S/c1-2-17-13-18(14-19-16-32-28(34-27(17)19)33-21-9-7-20(31)8-10-21)23-12-11-22(15-25(23)30)35-38(36,37)26-6-4-3-5-24(26)29/h3-6,11-16,20-21,35H,2,7-10,31H2,1H3,(H,32,33,34). The lowest BCUT2D eigenvalue weighted by Gasteiger charge is -2.26. The van der Waals surface area contributed by atoms with Crippen LogP contribution in [0.3, 0.4) is 0 Å². The highest BCUT2D eigenvalue weighted by Gasteiger charge is 2.20. The Kier molecular flexibility index (Phi) is 7.77. The number of sulfonamides is 1. The van der Waals surface area contributed by atoms with Gasteiger partial charge in [-0.25, -0.2) is 18.4 Å². The Labute approximate surface area is 232 Å². The Morgan fingerprint density at radius 1 is 1.00 bits per heavy atom. The number of nitrogens with one attached hydrogen (secondary N) is 2. The lowest BCUT2D eigenvalue weighted by Crippen LogP contribution is -2.33. The van der Waals surface area contributed by atoms with Crippen LogP contribution in [-0.2, 0) is 16.4 Å². The molecule has 7 nitrogen and oxygen atoms in total. The molecule has 0 aliphatic heterocycles. The molecule has 4 N–H and O–H groups in total. The van der Waals surface area contributed by atoms with E-state index >= 15 is 0 Å². The quantitative estimate of drug-likeness (QED) is 0.230. The van der Waals surface area contributed by atoms with Crippen LogP contribution in [0.15, 0.2) is 65.7 Å². The fourth-order valence-corrected chi connectivity index (χ4v) is 6.71. The molecule has 38 heavy (non-hydrogen) atoms. The summed E-state index contributed by atoms with van der Waals surface area (Å²) in [5, 5.41) is 4.95. The number of hydrogen-bond acceptors (Lipinski definition) is 6. The second-order valence-corrected chi connectivity index (χ2v) is 12.1. The van der Waals surface area contributed by atoms with E-state index in [0.717, 1.165) is 59.7 Å². The van der Waals surface area contributed by atoms with Crippen molar-refractivity contribution in [3.05, 3.63) is 76.4 Å². The number of nitrogens with two attached hydrogens (primary N) is 1. The van der Waals surface area contributed by atoms with Crippen molar-refractivity contribution in [2.45, 2.75) is 56.0 Å². The van der Waals surface area contributed by atoms with Crippen molar-refractivity contribution in [2.75, 3.05) is 10.0 Å². The van der Waals surface area contributed by atoms with Gasteiger partial charge < -0.3 is 11.1 Å². The van der Waals surface area contributed by atoms with Gasteiger partial charge in [0.1, 0.15) is 4.90 Å². The molecule has 0 amide bonds. The van der Waals surface area contributed by atoms with Gasteiger partial charge in [-0.3, -0.25) is 4.72 Å². The molecule has 4 aromatic rings. The highest BCUT2D eigenvalue weighted by atomic mass is 35.5. The highest BCUT2D eigenvalue weighted by molar-refractivity contribution is 7.92. The molecule has 3 aromatic carbocycles. The third-order valence-corrected chi connectivity index (χ3v) is 9.10. The molecule has 0 saturated heterocycles. The van der Waals surface area contributed by atoms with Crippen LogP contribution in [-0.4, -0.2) is 30.5 Å². The fraction of sp³-hybridized carbons (Fsp3) is 0.286. The van der Waals surface area contributed by atoms with Crippen LogP contribution in [0.1, 0.15) is 38.2 Å². The van der Waals surface area contributed by atoms with E-state index in [-0.39, 0.29) is 9.92 Å². The summed E-state index contributed by atoms with van der Waals surface area (Å²) in [5.41, 5.74) is 10.1. The van der Waals surface area contributed by atoms with E-state index in [9.17, 15) is 8.42 Å². The number of halogens is 2. The molecular formula is C28H29Cl2N5O2S. The fourth-order valence-electron chi connectivity index (χ4n) is 4.85. The van der Waals surface area contributed by atoms with Gasteiger partial charge in [-0.1, -0.05) is 48.3 Å². The molecule has 1 aliphatic carbocycles. The molecule has 0 radical (unpaired) electrons. The van der Waals surface area contributed by atoms with E-state index in [4.69, 9.17) is 33.9 Å². The second kappa shape index (κ2) is 11.1. The van der Waals surface area contributed by atoms with E-state index < -0.39 is 10.0 Å². The number of nitrogens with zero attached hydrogens (tertiary/aromatic N) is 2. The van der Waals surface area contributed by atoms with Gasteiger partial charge in [0.2, 0.25) is 5.95 Å². The van der Waals surface area contributed by atoms with Crippen LogP contribution in [0.2, 0.25) is 10.0 Å². The van der Waals surface area contributed by atoms with E-state index in [1.165, 1.54) is 12.1 Å². The van der Waals surface area contributed by atoms with E-state index in [2.05, 4.69) is 28.0 Å². The summed E-state index contributed by atoms with van der Waals surface area (Å²) < 4.78 is 28.2. The van der Waals surface area contributed by atoms with Crippen LogP contribution in [0, 0.1) is 0 Å². The number of benzene rings is 3. The van der Waals surface area contributed by atoms with Crippen LogP contribution in [0.4, 0.5) is 11.6 Å². The first-order valence-electron chi connectivity index (χ1n) is 12.6. The van der Waals surface area contributed by atoms with Gasteiger partial charge in [0.25, 0.3) is 10.0 Å². The third kappa shape index (κ3) is 5.73. The van der Waals surface area contributed by atoms with Gasteiger partial charge in [-0.2, -0.15) is 0 Å². The average molecular weight is 571 g/mol. The summed E-state index contributed by atoms with van der Waals surface area (Å²) in [6.45, 7) is 2.09. The van der Waals surface area contributed by atoms with Gasteiger partial charge in [0.05, 0.1) is 21.2 Å². The van der Waals surface area contributed by atoms with E-state index in [1.807, 2.05) is 12.3 Å². The molecule has 1 saturated carbocycles. The number of aromatic nitrogens is 2. The lowest BCUT2D eigenvalue weighted by atomic mass is 9.92. The van der Waals surface area contributed by atoms with Crippen LogP contribution < -0.4 is 15.8 Å². The number of rotatable bonds is 7. The minimum atomic E-state index is -3.86. The maximum Gasteiger partial charge on any atom is 0.263 e. The zero-order valence-corrected chi connectivity index (χ0v) is 23.2. The van der Waals surface area contributed by atoms with Crippen molar-refractivity contribution >= 4 is 55.8 Å². The summed E-state index contributed by atoms with van der Waals surface area (Å²) in [4.78, 5) is 9.41. The maximum absolute atomic E-state index is 12.8. The minimum absolute atomic E-state index is 0.00454. The van der Waals surface area contributed by atoms with E-state index in [1.54, 1.807) is 30.3 Å². The summed E-state index contributed by atoms with van der Waals surface area (Å²) in [6, 6.07) is 16.1. The third-order valence-electron chi connectivity index (χ3n) is 6.91. The Morgan fingerprint density at radius 3 is 2.47 bits per heavy atom. The number of anilines is 2. The predicted octanol–water partition coefficient (Wildman–Crippen LogP) is 6.65. The summed E-state index contributed by atoms with van der Waals surface area (Å²) in [6.07, 6.45) is 6.68. The number of hydrogen-bond donors (Lipinski definition) is 3. The van der Waals surface area contributed by atoms with Crippen molar-refractivity contribution in [3.63, 3.8) is 0 Å². The minimum Gasteiger partial charge on any atom is -0.351 e.